The second-order valence-electron chi connectivity index (χ2n) is 6.51. The first kappa shape index (κ1) is 17.8. The van der Waals surface area contributed by atoms with Gasteiger partial charge in [-0.1, -0.05) is 0 Å². The molecule has 0 radical (unpaired) electrons. The molecule has 0 spiro atoms. The van der Waals surface area contributed by atoms with Gasteiger partial charge in [0.25, 0.3) is 0 Å². The Bertz CT molecular complexity index is 635. The van der Waals surface area contributed by atoms with E-state index in [-0.39, 0.29) is 0 Å². The summed E-state index contributed by atoms with van der Waals surface area (Å²) in [7, 11) is 0. The minimum absolute atomic E-state index is 0.352. The summed E-state index contributed by atoms with van der Waals surface area (Å²) in [5, 5.41) is 0. The smallest absolute Gasteiger partial charge is 0.147 e. The zero-order chi connectivity index (χ0) is 17.6. The van der Waals surface area contributed by atoms with Gasteiger partial charge in [0, 0.05) is 25.0 Å². The van der Waals surface area contributed by atoms with Gasteiger partial charge < -0.3 is 19.8 Å². The van der Waals surface area contributed by atoms with Crippen molar-refractivity contribution < 1.29 is 9.47 Å². The van der Waals surface area contributed by atoms with Crippen molar-refractivity contribution in [1.29, 1.82) is 0 Å². The number of benzene rings is 1. The Kier molecular flexibility index (Phi) is 6.00. The quantitative estimate of drug-likeness (QED) is 0.839. The minimum Gasteiger partial charge on any atom is -0.492 e. The van der Waals surface area contributed by atoms with Gasteiger partial charge in [0.15, 0.2) is 0 Å². The van der Waals surface area contributed by atoms with Gasteiger partial charge >= 0.3 is 0 Å². The zero-order valence-electron chi connectivity index (χ0n) is 15.3. The third-order valence-corrected chi connectivity index (χ3v) is 4.60. The SMILES string of the molecule is CCOc1cc(CN2CCC(N)CC2)cc(OCC)c1-n1cccc1. The van der Waals surface area contributed by atoms with Crippen LogP contribution in [0.3, 0.4) is 0 Å². The molecule has 0 amide bonds. The van der Waals surface area contributed by atoms with E-state index in [2.05, 4.69) is 21.6 Å². The number of likely N-dealkylation sites (tertiary alicyclic amines) is 1. The molecule has 3 rings (SSSR count). The predicted molar refractivity (Wildman–Crippen MR) is 101 cm³/mol. The van der Waals surface area contributed by atoms with Crippen LogP contribution in [-0.2, 0) is 6.54 Å². The van der Waals surface area contributed by atoms with Crippen molar-refractivity contribution >= 4 is 0 Å². The molecule has 2 N–H and O–H groups in total. The van der Waals surface area contributed by atoms with Gasteiger partial charge in [-0.3, -0.25) is 4.90 Å². The van der Waals surface area contributed by atoms with Gasteiger partial charge in [0.1, 0.15) is 17.2 Å². The molecule has 25 heavy (non-hydrogen) atoms. The predicted octanol–water partition coefficient (Wildman–Crippen LogP) is 3.20. The van der Waals surface area contributed by atoms with Gasteiger partial charge in [-0.05, 0) is 69.6 Å². The van der Waals surface area contributed by atoms with Crippen molar-refractivity contribution in [3.05, 3.63) is 42.2 Å². The Balaban J connectivity index is 1.91. The minimum atomic E-state index is 0.352. The van der Waals surface area contributed by atoms with E-state index in [9.17, 15) is 0 Å². The van der Waals surface area contributed by atoms with Crippen LogP contribution in [0.15, 0.2) is 36.7 Å². The maximum atomic E-state index is 6.02. The molecule has 1 aliphatic heterocycles. The fraction of sp³-hybridized carbons (Fsp3) is 0.500. The number of hydrogen-bond donors (Lipinski definition) is 1. The molecule has 0 atom stereocenters. The summed E-state index contributed by atoms with van der Waals surface area (Å²) in [6, 6.07) is 8.67. The third-order valence-electron chi connectivity index (χ3n) is 4.60. The molecule has 1 aromatic carbocycles. The van der Waals surface area contributed by atoms with Gasteiger partial charge in [-0.15, -0.1) is 0 Å². The van der Waals surface area contributed by atoms with Gasteiger partial charge in [0.05, 0.1) is 13.2 Å². The molecule has 1 saturated heterocycles. The standard InChI is InChI=1S/C20H29N3O2/c1-3-24-18-13-16(15-22-11-7-17(21)8-12-22)14-19(25-4-2)20(18)23-9-5-6-10-23/h5-6,9-10,13-14,17H,3-4,7-8,11-12,15,21H2,1-2H3. The third kappa shape index (κ3) is 4.35. The molecule has 0 unspecified atom stereocenters. The lowest BCUT2D eigenvalue weighted by Crippen LogP contribution is -2.39. The van der Waals surface area contributed by atoms with Crippen LogP contribution in [0.5, 0.6) is 11.5 Å². The van der Waals surface area contributed by atoms with E-state index in [0.29, 0.717) is 19.3 Å². The summed E-state index contributed by atoms with van der Waals surface area (Å²) in [5.74, 6) is 1.74. The zero-order valence-corrected chi connectivity index (χ0v) is 15.3. The fourth-order valence-corrected chi connectivity index (χ4v) is 3.37. The molecule has 0 bridgehead atoms. The van der Waals surface area contributed by atoms with Crippen LogP contribution < -0.4 is 15.2 Å². The van der Waals surface area contributed by atoms with E-state index in [1.54, 1.807) is 0 Å². The molecule has 1 fully saturated rings. The highest BCUT2D eigenvalue weighted by molar-refractivity contribution is 5.59. The average molecular weight is 343 g/mol. The summed E-state index contributed by atoms with van der Waals surface area (Å²) in [6.45, 7) is 8.28. The van der Waals surface area contributed by atoms with Crippen LogP contribution in [-0.4, -0.2) is 41.8 Å². The molecule has 5 nitrogen and oxygen atoms in total. The van der Waals surface area contributed by atoms with E-state index in [4.69, 9.17) is 15.2 Å². The van der Waals surface area contributed by atoms with Crippen molar-refractivity contribution in [3.63, 3.8) is 0 Å². The summed E-state index contributed by atoms with van der Waals surface area (Å²) in [5.41, 5.74) is 8.21. The average Bonchev–Trinajstić information content (AvgIpc) is 3.12. The maximum absolute atomic E-state index is 6.02. The maximum Gasteiger partial charge on any atom is 0.147 e. The molecular formula is C20H29N3O2. The summed E-state index contributed by atoms with van der Waals surface area (Å²) in [6.07, 6.45) is 6.17. The number of aromatic nitrogens is 1. The van der Waals surface area contributed by atoms with Crippen LogP contribution in [0.2, 0.25) is 0 Å². The molecule has 1 aromatic heterocycles. The normalized spacial score (nSPS) is 16.1. The molecule has 0 aliphatic carbocycles. The fourth-order valence-electron chi connectivity index (χ4n) is 3.37. The first-order valence-corrected chi connectivity index (χ1v) is 9.25. The van der Waals surface area contributed by atoms with Crippen LogP contribution in [0, 0.1) is 0 Å². The Labute approximate surface area is 150 Å². The van der Waals surface area contributed by atoms with Crippen molar-refractivity contribution in [3.8, 4) is 17.2 Å². The lowest BCUT2D eigenvalue weighted by Gasteiger charge is -2.30. The Morgan fingerprint density at radius 3 is 2.08 bits per heavy atom. The highest BCUT2D eigenvalue weighted by atomic mass is 16.5. The molecule has 1 aliphatic rings. The lowest BCUT2D eigenvalue weighted by atomic mass is 10.0. The first-order valence-electron chi connectivity index (χ1n) is 9.25. The molecule has 5 heteroatoms. The number of ether oxygens (including phenoxy) is 2. The second kappa shape index (κ2) is 8.41. The molecular weight excluding hydrogens is 314 g/mol. The van der Waals surface area contributed by atoms with Crippen molar-refractivity contribution in [2.45, 2.75) is 39.3 Å². The molecule has 2 aromatic rings. The van der Waals surface area contributed by atoms with Crippen LogP contribution in [0.25, 0.3) is 5.69 Å². The lowest BCUT2D eigenvalue weighted by molar-refractivity contribution is 0.205. The number of rotatable bonds is 7. The van der Waals surface area contributed by atoms with E-state index in [0.717, 1.165) is 49.7 Å². The molecule has 136 valence electrons. The number of piperidine rings is 1. The monoisotopic (exact) mass is 343 g/mol. The van der Waals surface area contributed by atoms with E-state index in [1.807, 2.05) is 38.4 Å². The van der Waals surface area contributed by atoms with E-state index < -0.39 is 0 Å². The van der Waals surface area contributed by atoms with Crippen molar-refractivity contribution in [1.82, 2.24) is 9.47 Å². The largest absolute Gasteiger partial charge is 0.492 e. The summed E-state index contributed by atoms with van der Waals surface area (Å²) >= 11 is 0. The highest BCUT2D eigenvalue weighted by Gasteiger charge is 2.19. The Morgan fingerprint density at radius 2 is 1.56 bits per heavy atom. The van der Waals surface area contributed by atoms with Crippen molar-refractivity contribution in [2.24, 2.45) is 5.73 Å². The number of hydrogen-bond acceptors (Lipinski definition) is 4. The molecule has 0 saturated carbocycles. The first-order chi connectivity index (χ1) is 12.2. The van der Waals surface area contributed by atoms with Crippen LogP contribution >= 0.6 is 0 Å². The van der Waals surface area contributed by atoms with E-state index >= 15 is 0 Å². The second-order valence-corrected chi connectivity index (χ2v) is 6.51. The number of nitrogens with zero attached hydrogens (tertiary/aromatic N) is 2. The van der Waals surface area contributed by atoms with Crippen LogP contribution in [0.4, 0.5) is 0 Å². The summed E-state index contributed by atoms with van der Waals surface area (Å²) in [4.78, 5) is 2.46. The van der Waals surface area contributed by atoms with E-state index in [1.165, 1.54) is 5.56 Å². The van der Waals surface area contributed by atoms with Gasteiger partial charge in [0.2, 0.25) is 0 Å². The van der Waals surface area contributed by atoms with Gasteiger partial charge in [-0.25, -0.2) is 0 Å². The topological polar surface area (TPSA) is 52.6 Å². The Hall–Kier alpha value is -1.98. The summed E-state index contributed by atoms with van der Waals surface area (Å²) < 4.78 is 14.0. The molecule has 2 heterocycles. The van der Waals surface area contributed by atoms with Crippen LogP contribution in [0.1, 0.15) is 32.3 Å². The Morgan fingerprint density at radius 1 is 1.00 bits per heavy atom. The highest BCUT2D eigenvalue weighted by Crippen LogP contribution is 2.35. The van der Waals surface area contributed by atoms with Crippen molar-refractivity contribution in [2.75, 3.05) is 26.3 Å². The number of nitrogens with two attached hydrogens (primary N) is 1. The van der Waals surface area contributed by atoms with Gasteiger partial charge in [-0.2, -0.15) is 0 Å².